The topological polar surface area (TPSA) is 43.6 Å². The number of aryl methyl sites for hydroxylation is 1. The van der Waals surface area contributed by atoms with E-state index in [9.17, 15) is 0 Å². The van der Waals surface area contributed by atoms with Crippen LogP contribution in [-0.2, 0) is 18.7 Å². The van der Waals surface area contributed by atoms with Crippen molar-refractivity contribution >= 4 is 23.1 Å². The van der Waals surface area contributed by atoms with Gasteiger partial charge in [0, 0.05) is 23.6 Å². The van der Waals surface area contributed by atoms with E-state index in [1.807, 2.05) is 0 Å². The first kappa shape index (κ1) is 14.1. The van der Waals surface area contributed by atoms with Crippen LogP contribution >= 0.6 is 23.1 Å². The van der Waals surface area contributed by atoms with Crippen molar-refractivity contribution in [3.63, 3.8) is 0 Å². The van der Waals surface area contributed by atoms with Gasteiger partial charge in [-0.15, -0.1) is 21.5 Å². The van der Waals surface area contributed by atoms with E-state index >= 15 is 0 Å². The Morgan fingerprint density at radius 2 is 2.20 bits per heavy atom. The molecule has 1 fully saturated rings. The summed E-state index contributed by atoms with van der Waals surface area (Å²) in [6.07, 6.45) is 4.80. The normalized spacial score (nSPS) is 14.9. The second-order valence-electron chi connectivity index (χ2n) is 5.13. The molecule has 4 nitrogen and oxygen atoms in total. The molecule has 20 heavy (non-hydrogen) atoms. The van der Waals surface area contributed by atoms with Crippen molar-refractivity contribution in [2.24, 2.45) is 0 Å². The lowest BCUT2D eigenvalue weighted by Gasteiger charge is -2.05. The molecule has 0 unspecified atom stereocenters. The monoisotopic (exact) mass is 308 g/mol. The van der Waals surface area contributed by atoms with Gasteiger partial charge in [0.25, 0.3) is 0 Å². The summed E-state index contributed by atoms with van der Waals surface area (Å²) in [6.45, 7) is 5.32. The van der Waals surface area contributed by atoms with Crippen LogP contribution < -0.4 is 0 Å². The van der Waals surface area contributed by atoms with E-state index in [0.29, 0.717) is 5.92 Å². The van der Waals surface area contributed by atoms with Gasteiger partial charge in [-0.3, -0.25) is 0 Å². The van der Waals surface area contributed by atoms with Gasteiger partial charge in [0.1, 0.15) is 5.82 Å². The van der Waals surface area contributed by atoms with Gasteiger partial charge in [0.2, 0.25) is 0 Å². The molecule has 1 aliphatic rings. The van der Waals surface area contributed by atoms with E-state index in [4.69, 9.17) is 0 Å². The van der Waals surface area contributed by atoms with Gasteiger partial charge in [0.15, 0.2) is 5.16 Å². The Balaban J connectivity index is 1.65. The standard InChI is InChI=1S/C14H20N4S2/c1-3-5-12-15-11(8-19-12)9-20-14-17-16-13(10-6-7-10)18(14)4-2/h8,10H,3-7,9H2,1-2H3. The lowest BCUT2D eigenvalue weighted by Crippen LogP contribution is -2.02. The Hall–Kier alpha value is -0.880. The molecule has 2 heterocycles. The highest BCUT2D eigenvalue weighted by molar-refractivity contribution is 7.98. The first-order valence-corrected chi connectivity index (χ1v) is 9.17. The third-order valence-electron chi connectivity index (χ3n) is 3.42. The van der Waals surface area contributed by atoms with Crippen LogP contribution in [0.15, 0.2) is 10.5 Å². The molecule has 3 rings (SSSR count). The van der Waals surface area contributed by atoms with Crippen LogP contribution in [0.1, 0.15) is 55.6 Å². The lowest BCUT2D eigenvalue weighted by atomic mass is 10.3. The largest absolute Gasteiger partial charge is 0.306 e. The predicted molar refractivity (Wildman–Crippen MR) is 83.3 cm³/mol. The van der Waals surface area contributed by atoms with E-state index in [0.717, 1.165) is 30.3 Å². The second-order valence-corrected chi connectivity index (χ2v) is 7.02. The average molecular weight is 308 g/mol. The van der Waals surface area contributed by atoms with Crippen LogP contribution in [0.4, 0.5) is 0 Å². The molecule has 0 aromatic carbocycles. The SMILES string of the molecule is CCCc1nc(CSc2nnc(C3CC3)n2CC)cs1. The Bertz CT molecular complexity index is 571. The fourth-order valence-electron chi connectivity index (χ4n) is 2.23. The summed E-state index contributed by atoms with van der Waals surface area (Å²) in [5.74, 6) is 2.73. The van der Waals surface area contributed by atoms with Crippen LogP contribution in [0.3, 0.4) is 0 Å². The van der Waals surface area contributed by atoms with Crippen LogP contribution in [0.25, 0.3) is 0 Å². The highest BCUT2D eigenvalue weighted by Crippen LogP contribution is 2.40. The summed E-state index contributed by atoms with van der Waals surface area (Å²) in [5, 5.41) is 13.2. The number of hydrogen-bond acceptors (Lipinski definition) is 5. The predicted octanol–water partition coefficient (Wildman–Crippen LogP) is 3.88. The first-order valence-electron chi connectivity index (χ1n) is 7.31. The van der Waals surface area contributed by atoms with Gasteiger partial charge < -0.3 is 4.57 Å². The number of thioether (sulfide) groups is 1. The molecule has 0 bridgehead atoms. The molecule has 0 aliphatic heterocycles. The molecule has 6 heteroatoms. The van der Waals surface area contributed by atoms with Crippen molar-refractivity contribution in [1.82, 2.24) is 19.7 Å². The summed E-state index contributed by atoms with van der Waals surface area (Å²) in [6, 6.07) is 0. The van der Waals surface area contributed by atoms with Gasteiger partial charge in [-0.05, 0) is 32.6 Å². The molecule has 1 aliphatic carbocycles. The third kappa shape index (κ3) is 3.06. The Labute approximate surface area is 128 Å². The van der Waals surface area contributed by atoms with E-state index < -0.39 is 0 Å². The number of aromatic nitrogens is 4. The molecule has 108 valence electrons. The fourth-order valence-corrected chi connectivity index (χ4v) is 4.14. The van der Waals surface area contributed by atoms with Gasteiger partial charge in [0.05, 0.1) is 10.7 Å². The minimum Gasteiger partial charge on any atom is -0.306 e. The molecule has 0 saturated heterocycles. The quantitative estimate of drug-likeness (QED) is 0.728. The molecule has 1 saturated carbocycles. The van der Waals surface area contributed by atoms with Crippen LogP contribution in [0, 0.1) is 0 Å². The number of rotatable bonds is 7. The molecule has 0 N–H and O–H groups in total. The molecular weight excluding hydrogens is 288 g/mol. The van der Waals surface area contributed by atoms with Crippen LogP contribution in [-0.4, -0.2) is 19.7 Å². The second kappa shape index (κ2) is 6.26. The van der Waals surface area contributed by atoms with E-state index in [-0.39, 0.29) is 0 Å². The van der Waals surface area contributed by atoms with Crippen LogP contribution in [0.5, 0.6) is 0 Å². The molecule has 0 amide bonds. The summed E-state index contributed by atoms with van der Waals surface area (Å²) in [4.78, 5) is 4.67. The van der Waals surface area contributed by atoms with Crippen molar-refractivity contribution in [2.45, 2.75) is 62.9 Å². The molecule has 2 aromatic heterocycles. The Morgan fingerprint density at radius 1 is 1.35 bits per heavy atom. The van der Waals surface area contributed by atoms with Crippen molar-refractivity contribution in [3.8, 4) is 0 Å². The average Bonchev–Trinajstić information content (AvgIpc) is 3.06. The molecular formula is C14H20N4S2. The number of hydrogen-bond donors (Lipinski definition) is 0. The Morgan fingerprint density at radius 3 is 2.90 bits per heavy atom. The molecule has 2 aromatic rings. The highest BCUT2D eigenvalue weighted by atomic mass is 32.2. The van der Waals surface area contributed by atoms with E-state index in [2.05, 4.69) is 39.0 Å². The lowest BCUT2D eigenvalue weighted by molar-refractivity contribution is 0.643. The molecule has 0 spiro atoms. The summed E-state index contributed by atoms with van der Waals surface area (Å²) >= 11 is 3.53. The van der Waals surface area contributed by atoms with Gasteiger partial charge in [-0.2, -0.15) is 0 Å². The third-order valence-corrected chi connectivity index (χ3v) is 5.37. The summed E-state index contributed by atoms with van der Waals surface area (Å²) < 4.78 is 2.27. The highest BCUT2D eigenvalue weighted by Gasteiger charge is 2.29. The molecule has 0 radical (unpaired) electrons. The van der Waals surface area contributed by atoms with Crippen molar-refractivity contribution in [3.05, 3.63) is 21.9 Å². The maximum absolute atomic E-state index is 4.67. The van der Waals surface area contributed by atoms with Gasteiger partial charge in [-0.1, -0.05) is 18.7 Å². The smallest absolute Gasteiger partial charge is 0.191 e. The minimum absolute atomic E-state index is 0.659. The summed E-state index contributed by atoms with van der Waals surface area (Å²) in [5.41, 5.74) is 1.17. The van der Waals surface area contributed by atoms with Crippen molar-refractivity contribution < 1.29 is 0 Å². The van der Waals surface area contributed by atoms with E-state index in [1.165, 1.54) is 29.4 Å². The number of thiazole rings is 1. The fraction of sp³-hybridized carbons (Fsp3) is 0.643. The minimum atomic E-state index is 0.659. The van der Waals surface area contributed by atoms with Gasteiger partial charge >= 0.3 is 0 Å². The zero-order valence-corrected chi connectivity index (χ0v) is 13.6. The maximum atomic E-state index is 4.67. The zero-order chi connectivity index (χ0) is 13.9. The summed E-state index contributed by atoms with van der Waals surface area (Å²) in [7, 11) is 0. The van der Waals surface area contributed by atoms with Crippen molar-refractivity contribution in [1.29, 1.82) is 0 Å². The maximum Gasteiger partial charge on any atom is 0.191 e. The number of nitrogens with zero attached hydrogens (tertiary/aromatic N) is 4. The first-order chi connectivity index (χ1) is 9.81. The van der Waals surface area contributed by atoms with Crippen molar-refractivity contribution in [2.75, 3.05) is 0 Å². The Kier molecular flexibility index (Phi) is 4.41. The molecule has 0 atom stereocenters. The van der Waals surface area contributed by atoms with Gasteiger partial charge in [-0.25, -0.2) is 4.98 Å². The van der Waals surface area contributed by atoms with Crippen LogP contribution in [0.2, 0.25) is 0 Å². The van der Waals surface area contributed by atoms with E-state index in [1.54, 1.807) is 23.1 Å². The zero-order valence-electron chi connectivity index (χ0n) is 12.0.